The Morgan fingerprint density at radius 1 is 1.07 bits per heavy atom. The summed E-state index contributed by atoms with van der Waals surface area (Å²) < 4.78 is 70.0. The normalized spacial score (nSPS) is 20.5. The second-order valence-corrected chi connectivity index (χ2v) is 9.09. The van der Waals surface area contributed by atoms with E-state index in [-0.39, 0.29) is 36.1 Å². The Balaban J connectivity index is 1.71. The quantitative estimate of drug-likeness (QED) is 0.742. The van der Waals surface area contributed by atoms with Crippen molar-refractivity contribution < 1.29 is 30.8 Å². The number of carbonyl (C=O) groups is 1. The molecule has 3 rings (SSSR count). The summed E-state index contributed by atoms with van der Waals surface area (Å²) in [4.78, 5) is 15.4. The van der Waals surface area contributed by atoms with Gasteiger partial charge < -0.3 is 9.32 Å². The molecule has 158 valence electrons. The Morgan fingerprint density at radius 2 is 1.75 bits per heavy atom. The van der Waals surface area contributed by atoms with E-state index in [1.807, 2.05) is 0 Å². The van der Waals surface area contributed by atoms with Crippen LogP contribution in [0.2, 0.25) is 0 Å². The monoisotopic (exact) mass is 423 g/mol. The van der Waals surface area contributed by atoms with E-state index < -0.39 is 28.7 Å². The third-order valence-electron chi connectivity index (χ3n) is 5.04. The highest BCUT2D eigenvalue weighted by molar-refractivity contribution is 7.89. The van der Waals surface area contributed by atoms with E-state index in [2.05, 4.69) is 0 Å². The first kappa shape index (κ1) is 21.1. The maximum atomic E-state index is 12.7. The molecule has 0 saturated carbocycles. The van der Waals surface area contributed by atoms with Gasteiger partial charge in [0, 0.05) is 45.3 Å². The van der Waals surface area contributed by atoms with Gasteiger partial charge in [0.05, 0.1) is 6.54 Å². The predicted octanol–water partition coefficient (Wildman–Crippen LogP) is 2.08. The van der Waals surface area contributed by atoms with E-state index in [1.165, 1.54) is 27.1 Å². The van der Waals surface area contributed by atoms with Gasteiger partial charge in [-0.15, -0.1) is 0 Å². The highest BCUT2D eigenvalue weighted by Gasteiger charge is 2.34. The summed E-state index contributed by atoms with van der Waals surface area (Å²) in [5, 5.41) is 0. The first-order valence-corrected chi connectivity index (χ1v) is 10.7. The lowest BCUT2D eigenvalue weighted by molar-refractivity contribution is -0.145. The van der Waals surface area contributed by atoms with Crippen molar-refractivity contribution in [3.05, 3.63) is 17.6 Å². The van der Waals surface area contributed by atoms with Crippen LogP contribution in [0, 0.1) is 6.92 Å². The van der Waals surface area contributed by atoms with Gasteiger partial charge >= 0.3 is 6.18 Å². The molecule has 2 aliphatic rings. The lowest BCUT2D eigenvalue weighted by Gasteiger charge is -2.22. The van der Waals surface area contributed by atoms with Crippen molar-refractivity contribution in [2.75, 3.05) is 45.8 Å². The van der Waals surface area contributed by atoms with Crippen LogP contribution < -0.4 is 0 Å². The minimum absolute atomic E-state index is 0.0220. The van der Waals surface area contributed by atoms with Crippen molar-refractivity contribution in [2.24, 2.45) is 0 Å². The zero-order chi connectivity index (χ0) is 20.5. The fourth-order valence-electron chi connectivity index (χ4n) is 3.64. The molecule has 0 N–H and O–H groups in total. The number of furan rings is 1. The molecule has 0 aliphatic carbocycles. The molecule has 2 saturated heterocycles. The number of rotatable bonds is 4. The Labute approximate surface area is 162 Å². The number of halogens is 3. The smallest absolute Gasteiger partial charge is 0.401 e. The molecule has 7 nitrogen and oxygen atoms in total. The molecule has 1 amide bonds. The lowest BCUT2D eigenvalue weighted by Crippen LogP contribution is -2.38. The van der Waals surface area contributed by atoms with Gasteiger partial charge in [0.1, 0.15) is 10.7 Å². The number of sulfonamides is 1. The van der Waals surface area contributed by atoms with Gasteiger partial charge in [-0.2, -0.15) is 17.5 Å². The van der Waals surface area contributed by atoms with Crippen LogP contribution in [0.5, 0.6) is 0 Å². The molecule has 3 heterocycles. The van der Waals surface area contributed by atoms with Gasteiger partial charge in [-0.05, 0) is 26.2 Å². The zero-order valence-corrected chi connectivity index (χ0v) is 16.5. The Bertz CT molecular complexity index is 816. The number of hydrogen-bond acceptors (Lipinski definition) is 5. The molecule has 0 bridgehead atoms. The highest BCUT2D eigenvalue weighted by atomic mass is 32.2. The van der Waals surface area contributed by atoms with E-state index in [0.717, 1.165) is 12.8 Å². The van der Waals surface area contributed by atoms with E-state index >= 15 is 0 Å². The molecule has 2 fully saturated rings. The molecule has 28 heavy (non-hydrogen) atoms. The number of aryl methyl sites for hydroxylation is 1. The van der Waals surface area contributed by atoms with E-state index in [9.17, 15) is 26.4 Å². The van der Waals surface area contributed by atoms with Crippen LogP contribution >= 0.6 is 0 Å². The number of hydrogen-bond donors (Lipinski definition) is 0. The van der Waals surface area contributed by atoms with Gasteiger partial charge in [-0.3, -0.25) is 9.69 Å². The molecule has 11 heteroatoms. The molecule has 0 unspecified atom stereocenters. The minimum atomic E-state index is -4.28. The molecule has 1 aromatic heterocycles. The van der Waals surface area contributed by atoms with Gasteiger partial charge in [0.25, 0.3) is 5.91 Å². The van der Waals surface area contributed by atoms with Crippen molar-refractivity contribution in [2.45, 2.75) is 37.3 Å². The molecule has 1 aromatic rings. The van der Waals surface area contributed by atoms with Crippen molar-refractivity contribution in [1.82, 2.24) is 14.1 Å². The molecule has 2 aliphatic heterocycles. The fourth-order valence-corrected chi connectivity index (χ4v) is 5.31. The summed E-state index contributed by atoms with van der Waals surface area (Å²) in [5.41, 5.74) is 0. The van der Waals surface area contributed by atoms with Crippen molar-refractivity contribution in [1.29, 1.82) is 0 Å². The Kier molecular flexibility index (Phi) is 6.06. The van der Waals surface area contributed by atoms with Crippen LogP contribution in [-0.2, 0) is 10.0 Å². The van der Waals surface area contributed by atoms with Gasteiger partial charge in [0.2, 0.25) is 10.0 Å². The molecular formula is C17H24F3N3O4S. The Morgan fingerprint density at radius 3 is 2.39 bits per heavy atom. The molecule has 0 spiro atoms. The maximum Gasteiger partial charge on any atom is 0.401 e. The minimum Gasteiger partial charge on any atom is -0.455 e. The molecule has 0 atom stereocenters. The van der Waals surface area contributed by atoms with Crippen molar-refractivity contribution >= 4 is 15.9 Å². The summed E-state index contributed by atoms with van der Waals surface area (Å²) in [6, 6.07) is 1.24. The summed E-state index contributed by atoms with van der Waals surface area (Å²) >= 11 is 0. The number of nitrogens with zero attached hydrogens (tertiary/aromatic N) is 3. The van der Waals surface area contributed by atoms with Crippen LogP contribution in [0.15, 0.2) is 15.4 Å². The highest BCUT2D eigenvalue weighted by Crippen LogP contribution is 2.27. The number of alkyl halides is 3. The topological polar surface area (TPSA) is 74.1 Å². The Hall–Kier alpha value is -1.59. The average molecular weight is 423 g/mol. The van der Waals surface area contributed by atoms with Gasteiger partial charge in [-0.1, -0.05) is 0 Å². The van der Waals surface area contributed by atoms with Crippen LogP contribution in [0.3, 0.4) is 0 Å². The molecule has 0 aromatic carbocycles. The van der Waals surface area contributed by atoms with E-state index in [1.54, 1.807) is 0 Å². The molecular weight excluding hydrogens is 399 g/mol. The van der Waals surface area contributed by atoms with Gasteiger partial charge in [-0.25, -0.2) is 8.42 Å². The van der Waals surface area contributed by atoms with Crippen LogP contribution in [0.1, 0.15) is 35.6 Å². The van der Waals surface area contributed by atoms with Crippen LogP contribution in [0.4, 0.5) is 13.2 Å². The molecule has 0 radical (unpaired) electrons. The average Bonchev–Trinajstić information content (AvgIpc) is 3.21. The third kappa shape index (κ3) is 4.69. The van der Waals surface area contributed by atoms with Crippen LogP contribution in [-0.4, -0.2) is 80.4 Å². The second kappa shape index (κ2) is 8.03. The van der Waals surface area contributed by atoms with Crippen molar-refractivity contribution in [3.63, 3.8) is 0 Å². The largest absolute Gasteiger partial charge is 0.455 e. The zero-order valence-electron chi connectivity index (χ0n) is 15.7. The van der Waals surface area contributed by atoms with E-state index in [4.69, 9.17) is 4.42 Å². The lowest BCUT2D eigenvalue weighted by atomic mass is 10.3. The fraction of sp³-hybridized carbons (Fsp3) is 0.706. The maximum absolute atomic E-state index is 12.7. The summed E-state index contributed by atoms with van der Waals surface area (Å²) in [6.07, 6.45) is -2.29. The van der Waals surface area contributed by atoms with Crippen molar-refractivity contribution in [3.8, 4) is 0 Å². The first-order valence-electron chi connectivity index (χ1n) is 9.27. The standard InChI is InChI=1S/C17H24F3N3O4S/c1-13-15(28(25,26)23-7-2-3-8-23)11-14(27-13)16(24)22-6-4-5-21(9-10-22)12-17(18,19)20/h11H,2-10,12H2,1H3. The van der Waals surface area contributed by atoms with Gasteiger partial charge in [0.15, 0.2) is 5.76 Å². The van der Waals surface area contributed by atoms with E-state index in [0.29, 0.717) is 26.1 Å². The summed E-state index contributed by atoms with van der Waals surface area (Å²) in [6.45, 7) is 2.14. The van der Waals surface area contributed by atoms with Crippen LogP contribution in [0.25, 0.3) is 0 Å². The summed E-state index contributed by atoms with van der Waals surface area (Å²) in [7, 11) is -3.71. The SMILES string of the molecule is Cc1oc(C(=O)N2CCCN(CC(F)(F)F)CC2)cc1S(=O)(=O)N1CCCC1. The predicted molar refractivity (Wildman–Crippen MR) is 94.5 cm³/mol. The number of carbonyl (C=O) groups excluding carboxylic acids is 1. The third-order valence-corrected chi connectivity index (χ3v) is 7.05. The second-order valence-electron chi connectivity index (χ2n) is 7.18. The number of amides is 1. The summed E-state index contributed by atoms with van der Waals surface area (Å²) in [5.74, 6) is -0.455. The first-order chi connectivity index (χ1) is 13.1.